The van der Waals surface area contributed by atoms with Gasteiger partial charge in [0.2, 0.25) is 0 Å². The number of benzene rings is 3. The molecule has 0 saturated heterocycles. The van der Waals surface area contributed by atoms with Gasteiger partial charge in [0.15, 0.2) is 17.5 Å². The molecule has 4 aromatic rings. The number of hydrogen-bond donors (Lipinski definition) is 0. The first-order chi connectivity index (χ1) is 13.7. The van der Waals surface area contributed by atoms with Crippen molar-refractivity contribution in [1.29, 1.82) is 5.26 Å². The van der Waals surface area contributed by atoms with E-state index < -0.39 is 11.6 Å². The van der Waals surface area contributed by atoms with Gasteiger partial charge in [0.25, 0.3) is 0 Å². The van der Waals surface area contributed by atoms with Gasteiger partial charge in [-0.05, 0) is 12.1 Å². The fourth-order valence-electron chi connectivity index (χ4n) is 2.73. The van der Waals surface area contributed by atoms with E-state index in [0.29, 0.717) is 11.6 Å². The summed E-state index contributed by atoms with van der Waals surface area (Å²) in [5, 5.41) is 8.89. The van der Waals surface area contributed by atoms with Gasteiger partial charge in [0.05, 0.1) is 11.1 Å². The Morgan fingerprint density at radius 1 is 0.643 bits per heavy atom. The predicted molar refractivity (Wildman–Crippen MR) is 101 cm³/mol. The molecule has 0 amide bonds. The first-order valence-electron chi connectivity index (χ1n) is 8.42. The highest BCUT2D eigenvalue weighted by Gasteiger charge is 2.17. The summed E-state index contributed by atoms with van der Waals surface area (Å²) >= 11 is 0. The summed E-state index contributed by atoms with van der Waals surface area (Å²) in [5.74, 6) is -0.931. The summed E-state index contributed by atoms with van der Waals surface area (Å²) in [4.78, 5) is 13.2. The van der Waals surface area contributed by atoms with E-state index in [1.54, 1.807) is 6.07 Å². The normalized spacial score (nSPS) is 10.5. The van der Waals surface area contributed by atoms with Crippen molar-refractivity contribution < 1.29 is 8.78 Å². The average molecular weight is 370 g/mol. The highest BCUT2D eigenvalue weighted by atomic mass is 19.1. The summed E-state index contributed by atoms with van der Waals surface area (Å²) in [6, 6.07) is 21.8. The van der Waals surface area contributed by atoms with Crippen molar-refractivity contribution >= 4 is 0 Å². The first-order valence-corrected chi connectivity index (χ1v) is 8.42. The second-order valence-corrected chi connectivity index (χ2v) is 5.96. The van der Waals surface area contributed by atoms with Gasteiger partial charge >= 0.3 is 0 Å². The maximum Gasteiger partial charge on any atom is 0.167 e. The third kappa shape index (κ3) is 3.33. The number of nitriles is 1. The maximum atomic E-state index is 14.6. The van der Waals surface area contributed by atoms with Crippen LogP contribution in [0.15, 0.2) is 72.8 Å². The zero-order valence-electron chi connectivity index (χ0n) is 14.5. The molecule has 1 heterocycles. The Labute approximate surface area is 159 Å². The van der Waals surface area contributed by atoms with E-state index in [1.165, 1.54) is 0 Å². The molecule has 0 aliphatic heterocycles. The molecule has 0 N–H and O–H groups in total. The summed E-state index contributed by atoms with van der Waals surface area (Å²) < 4.78 is 28.7. The van der Waals surface area contributed by atoms with Crippen molar-refractivity contribution in [2.24, 2.45) is 0 Å². The molecule has 0 atom stereocenters. The Hall–Kier alpha value is -3.98. The molecule has 0 aliphatic rings. The van der Waals surface area contributed by atoms with Crippen LogP contribution in [0.2, 0.25) is 0 Å². The van der Waals surface area contributed by atoms with Gasteiger partial charge in [-0.25, -0.2) is 23.7 Å². The van der Waals surface area contributed by atoms with Crippen LogP contribution in [0, 0.1) is 23.0 Å². The zero-order valence-corrected chi connectivity index (χ0v) is 14.5. The van der Waals surface area contributed by atoms with Gasteiger partial charge in [-0.2, -0.15) is 5.26 Å². The standard InChI is InChI=1S/C22H12F2N4/c23-18-12-17(19(24)11-16(18)13-25)22-27-20(14-7-3-1-4-8-14)26-21(28-22)15-9-5-2-6-10-15/h1-12H. The molecule has 0 bridgehead atoms. The van der Waals surface area contributed by atoms with E-state index in [-0.39, 0.29) is 17.0 Å². The van der Waals surface area contributed by atoms with E-state index in [4.69, 9.17) is 5.26 Å². The van der Waals surface area contributed by atoms with Crippen molar-refractivity contribution in [3.8, 4) is 40.2 Å². The topological polar surface area (TPSA) is 62.5 Å². The molecule has 3 aromatic carbocycles. The van der Waals surface area contributed by atoms with Crippen molar-refractivity contribution in [3.63, 3.8) is 0 Å². The molecule has 0 unspecified atom stereocenters. The molecule has 0 fully saturated rings. The van der Waals surface area contributed by atoms with Gasteiger partial charge in [-0.1, -0.05) is 60.7 Å². The van der Waals surface area contributed by atoms with Crippen LogP contribution in [-0.4, -0.2) is 15.0 Å². The molecule has 6 heteroatoms. The lowest BCUT2D eigenvalue weighted by molar-refractivity contribution is 0.598. The molecule has 28 heavy (non-hydrogen) atoms. The Kier molecular flexibility index (Phi) is 4.56. The van der Waals surface area contributed by atoms with Crippen molar-refractivity contribution in [2.45, 2.75) is 0 Å². The number of aromatic nitrogens is 3. The molecule has 4 rings (SSSR count). The fourth-order valence-corrected chi connectivity index (χ4v) is 2.73. The minimum absolute atomic E-state index is 0.00593. The van der Waals surface area contributed by atoms with Crippen molar-refractivity contribution in [2.75, 3.05) is 0 Å². The van der Waals surface area contributed by atoms with Crippen molar-refractivity contribution in [3.05, 3.63) is 90.0 Å². The second-order valence-electron chi connectivity index (χ2n) is 5.96. The van der Waals surface area contributed by atoms with Crippen LogP contribution in [-0.2, 0) is 0 Å². The van der Waals surface area contributed by atoms with Crippen LogP contribution >= 0.6 is 0 Å². The highest BCUT2D eigenvalue weighted by Crippen LogP contribution is 2.27. The van der Waals surface area contributed by atoms with E-state index in [1.807, 2.05) is 60.7 Å². The Bertz CT molecular complexity index is 1130. The minimum atomic E-state index is -0.832. The molecule has 0 saturated carbocycles. The molecule has 0 spiro atoms. The zero-order chi connectivity index (χ0) is 19.5. The summed E-state index contributed by atoms with van der Waals surface area (Å²) in [6.45, 7) is 0. The number of halogens is 2. The quantitative estimate of drug-likeness (QED) is 0.508. The molecule has 134 valence electrons. The number of hydrogen-bond acceptors (Lipinski definition) is 4. The molecular formula is C22H12F2N4. The van der Waals surface area contributed by atoms with E-state index >= 15 is 0 Å². The highest BCUT2D eigenvalue weighted by molar-refractivity contribution is 5.67. The molecule has 0 radical (unpaired) electrons. The number of nitrogens with zero attached hydrogens (tertiary/aromatic N) is 4. The predicted octanol–water partition coefficient (Wildman–Crippen LogP) is 5.02. The van der Waals surface area contributed by atoms with E-state index in [2.05, 4.69) is 15.0 Å². The van der Waals surface area contributed by atoms with E-state index in [9.17, 15) is 8.78 Å². The monoisotopic (exact) mass is 370 g/mol. The largest absolute Gasteiger partial charge is 0.208 e. The lowest BCUT2D eigenvalue weighted by Gasteiger charge is -2.09. The lowest BCUT2D eigenvalue weighted by Crippen LogP contribution is -2.02. The van der Waals surface area contributed by atoms with Crippen LogP contribution in [0.4, 0.5) is 8.78 Å². The van der Waals surface area contributed by atoms with Gasteiger partial charge in [-0.15, -0.1) is 0 Å². The van der Waals surface area contributed by atoms with Gasteiger partial charge in [-0.3, -0.25) is 0 Å². The molecular weight excluding hydrogens is 358 g/mol. The Balaban J connectivity index is 1.95. The van der Waals surface area contributed by atoms with Gasteiger partial charge in [0, 0.05) is 11.1 Å². The van der Waals surface area contributed by atoms with Crippen molar-refractivity contribution in [1.82, 2.24) is 15.0 Å². The third-order valence-electron chi connectivity index (χ3n) is 4.12. The molecule has 1 aromatic heterocycles. The summed E-state index contributed by atoms with van der Waals surface area (Å²) in [6.07, 6.45) is 0. The molecule has 4 nitrogen and oxygen atoms in total. The van der Waals surface area contributed by atoms with Crippen LogP contribution in [0.5, 0.6) is 0 Å². The first kappa shape index (κ1) is 17.4. The average Bonchev–Trinajstić information content (AvgIpc) is 2.76. The Morgan fingerprint density at radius 3 is 1.64 bits per heavy atom. The van der Waals surface area contributed by atoms with Gasteiger partial charge in [0.1, 0.15) is 17.7 Å². The second kappa shape index (κ2) is 7.33. The lowest BCUT2D eigenvalue weighted by atomic mass is 10.1. The smallest absolute Gasteiger partial charge is 0.167 e. The fraction of sp³-hybridized carbons (Fsp3) is 0. The third-order valence-corrected chi connectivity index (χ3v) is 4.12. The SMILES string of the molecule is N#Cc1cc(F)c(-c2nc(-c3ccccc3)nc(-c3ccccc3)n2)cc1F. The Morgan fingerprint density at radius 2 is 1.14 bits per heavy atom. The summed E-state index contributed by atoms with van der Waals surface area (Å²) in [7, 11) is 0. The van der Waals surface area contributed by atoms with E-state index in [0.717, 1.165) is 23.3 Å². The van der Waals surface area contributed by atoms with Crippen LogP contribution in [0.1, 0.15) is 5.56 Å². The van der Waals surface area contributed by atoms with Gasteiger partial charge < -0.3 is 0 Å². The van der Waals surface area contributed by atoms with Crippen LogP contribution in [0.3, 0.4) is 0 Å². The summed E-state index contributed by atoms with van der Waals surface area (Å²) in [5.41, 5.74) is 0.936. The maximum absolute atomic E-state index is 14.6. The van der Waals surface area contributed by atoms with Crippen LogP contribution < -0.4 is 0 Å². The molecule has 0 aliphatic carbocycles. The van der Waals surface area contributed by atoms with Crippen LogP contribution in [0.25, 0.3) is 34.2 Å². The minimum Gasteiger partial charge on any atom is -0.208 e. The number of rotatable bonds is 3.